The lowest BCUT2D eigenvalue weighted by molar-refractivity contribution is -0.179. The van der Waals surface area contributed by atoms with Gasteiger partial charge in [-0.1, -0.05) is 44.2 Å². The SMILES string of the molecule is CC(=O)OC(C(C)C)N1C[C@H](NC(=O)OCc2ccccc2)C1=O. The molecule has 0 aliphatic carbocycles. The van der Waals surface area contributed by atoms with Crippen LogP contribution in [0.4, 0.5) is 4.79 Å². The molecule has 1 heterocycles. The maximum absolute atomic E-state index is 12.2. The van der Waals surface area contributed by atoms with E-state index in [0.29, 0.717) is 0 Å². The van der Waals surface area contributed by atoms with Gasteiger partial charge in [0.1, 0.15) is 12.6 Å². The lowest BCUT2D eigenvalue weighted by Crippen LogP contribution is -2.67. The van der Waals surface area contributed by atoms with E-state index < -0.39 is 24.3 Å². The number of carbonyl (C=O) groups is 3. The van der Waals surface area contributed by atoms with E-state index in [0.717, 1.165) is 5.56 Å². The van der Waals surface area contributed by atoms with Crippen LogP contribution < -0.4 is 5.32 Å². The lowest BCUT2D eigenvalue weighted by atomic mass is 10.0. The number of likely N-dealkylation sites (tertiary alicyclic amines) is 1. The molecule has 1 saturated heterocycles. The molecule has 0 aromatic heterocycles. The normalized spacial score (nSPS) is 17.9. The molecule has 1 aromatic rings. The summed E-state index contributed by atoms with van der Waals surface area (Å²) in [6.07, 6.45) is -1.26. The van der Waals surface area contributed by atoms with Crippen molar-refractivity contribution in [3.05, 3.63) is 35.9 Å². The van der Waals surface area contributed by atoms with Crippen LogP contribution in [0.25, 0.3) is 0 Å². The molecule has 0 spiro atoms. The minimum atomic E-state index is -0.648. The van der Waals surface area contributed by atoms with Gasteiger partial charge in [0.15, 0.2) is 6.23 Å². The average Bonchev–Trinajstić information content (AvgIpc) is 2.55. The average molecular weight is 334 g/mol. The molecule has 130 valence electrons. The summed E-state index contributed by atoms with van der Waals surface area (Å²) in [5, 5.41) is 2.52. The van der Waals surface area contributed by atoms with Gasteiger partial charge >= 0.3 is 12.1 Å². The van der Waals surface area contributed by atoms with Gasteiger partial charge in [-0.25, -0.2) is 4.79 Å². The molecule has 24 heavy (non-hydrogen) atoms. The Kier molecular flexibility index (Phi) is 5.78. The van der Waals surface area contributed by atoms with Crippen LogP contribution in [0.5, 0.6) is 0 Å². The van der Waals surface area contributed by atoms with Crippen molar-refractivity contribution in [1.82, 2.24) is 10.2 Å². The molecule has 7 nitrogen and oxygen atoms in total. The van der Waals surface area contributed by atoms with Crippen molar-refractivity contribution in [2.24, 2.45) is 5.92 Å². The molecule has 0 saturated carbocycles. The van der Waals surface area contributed by atoms with Gasteiger partial charge in [-0.3, -0.25) is 9.59 Å². The molecule has 2 rings (SSSR count). The second-order valence-electron chi connectivity index (χ2n) is 5.99. The Morgan fingerprint density at radius 1 is 1.29 bits per heavy atom. The summed E-state index contributed by atoms with van der Waals surface area (Å²) in [5.41, 5.74) is 0.865. The van der Waals surface area contributed by atoms with Gasteiger partial charge < -0.3 is 19.7 Å². The fourth-order valence-corrected chi connectivity index (χ4v) is 2.43. The largest absolute Gasteiger partial charge is 0.445 e. The number of alkyl carbamates (subject to hydrolysis) is 1. The van der Waals surface area contributed by atoms with E-state index >= 15 is 0 Å². The number of hydrogen-bond acceptors (Lipinski definition) is 5. The first kappa shape index (κ1) is 17.8. The molecule has 7 heteroatoms. The minimum absolute atomic E-state index is 0.0381. The number of amides is 2. The van der Waals surface area contributed by atoms with Crippen LogP contribution in [0, 0.1) is 5.92 Å². The molecular weight excluding hydrogens is 312 g/mol. The first-order valence-corrected chi connectivity index (χ1v) is 7.83. The Morgan fingerprint density at radius 3 is 2.50 bits per heavy atom. The van der Waals surface area contributed by atoms with Crippen molar-refractivity contribution in [3.63, 3.8) is 0 Å². The monoisotopic (exact) mass is 334 g/mol. The van der Waals surface area contributed by atoms with E-state index in [2.05, 4.69) is 5.32 Å². The van der Waals surface area contributed by atoms with Gasteiger partial charge in [-0.2, -0.15) is 0 Å². The molecule has 2 atom stereocenters. The summed E-state index contributed by atoms with van der Waals surface area (Å²) < 4.78 is 10.3. The van der Waals surface area contributed by atoms with Gasteiger partial charge in [0.05, 0.1) is 6.54 Å². The predicted molar refractivity (Wildman–Crippen MR) is 85.7 cm³/mol. The summed E-state index contributed by atoms with van der Waals surface area (Å²) in [6.45, 7) is 5.44. The number of benzene rings is 1. The molecule has 1 N–H and O–H groups in total. The Morgan fingerprint density at radius 2 is 1.96 bits per heavy atom. The number of ether oxygens (including phenoxy) is 2. The molecule has 1 fully saturated rings. The van der Waals surface area contributed by atoms with Crippen LogP contribution in [0.1, 0.15) is 26.3 Å². The molecule has 2 amide bonds. The number of hydrogen-bond donors (Lipinski definition) is 1. The number of nitrogens with zero attached hydrogens (tertiary/aromatic N) is 1. The third-order valence-corrected chi connectivity index (χ3v) is 3.63. The predicted octanol–water partition coefficient (Wildman–Crippen LogP) is 1.67. The van der Waals surface area contributed by atoms with Crippen LogP contribution in [-0.4, -0.2) is 41.7 Å². The van der Waals surface area contributed by atoms with Gasteiger partial charge in [-0.15, -0.1) is 0 Å². The van der Waals surface area contributed by atoms with E-state index in [4.69, 9.17) is 9.47 Å². The topological polar surface area (TPSA) is 84.9 Å². The summed E-state index contributed by atoms with van der Waals surface area (Å²) >= 11 is 0. The highest BCUT2D eigenvalue weighted by Crippen LogP contribution is 2.21. The summed E-state index contributed by atoms with van der Waals surface area (Å²) in [4.78, 5) is 36.5. The Hall–Kier alpha value is -2.57. The highest BCUT2D eigenvalue weighted by atomic mass is 16.6. The van der Waals surface area contributed by atoms with Crippen LogP contribution in [-0.2, 0) is 25.7 Å². The van der Waals surface area contributed by atoms with Crippen molar-refractivity contribution in [3.8, 4) is 0 Å². The van der Waals surface area contributed by atoms with E-state index in [9.17, 15) is 14.4 Å². The minimum Gasteiger partial charge on any atom is -0.445 e. The van der Waals surface area contributed by atoms with Crippen molar-refractivity contribution >= 4 is 18.0 Å². The van der Waals surface area contributed by atoms with Crippen molar-refractivity contribution in [1.29, 1.82) is 0 Å². The molecule has 1 aliphatic heterocycles. The summed E-state index contributed by atoms with van der Waals surface area (Å²) in [6, 6.07) is 8.62. The lowest BCUT2D eigenvalue weighted by Gasteiger charge is -2.43. The van der Waals surface area contributed by atoms with Crippen LogP contribution in [0.15, 0.2) is 30.3 Å². The number of carbonyl (C=O) groups excluding carboxylic acids is 3. The smallest absolute Gasteiger partial charge is 0.408 e. The molecular formula is C17H22N2O5. The summed E-state index contributed by atoms with van der Waals surface area (Å²) in [7, 11) is 0. The second-order valence-corrected chi connectivity index (χ2v) is 5.99. The highest BCUT2D eigenvalue weighted by molar-refractivity contribution is 5.91. The van der Waals surface area contributed by atoms with Gasteiger partial charge in [0.25, 0.3) is 0 Å². The fraction of sp³-hybridized carbons (Fsp3) is 0.471. The van der Waals surface area contributed by atoms with Crippen LogP contribution in [0.2, 0.25) is 0 Å². The molecule has 1 aromatic carbocycles. The maximum atomic E-state index is 12.2. The maximum Gasteiger partial charge on any atom is 0.408 e. The fourth-order valence-electron chi connectivity index (χ4n) is 2.43. The molecule has 1 unspecified atom stereocenters. The number of β-lactam (4-membered cyclic amide) rings is 1. The third kappa shape index (κ3) is 4.47. The first-order chi connectivity index (χ1) is 11.4. The van der Waals surface area contributed by atoms with E-state index in [1.807, 2.05) is 44.2 Å². The first-order valence-electron chi connectivity index (χ1n) is 7.83. The second kappa shape index (κ2) is 7.81. The van der Waals surface area contributed by atoms with Gasteiger partial charge in [0.2, 0.25) is 5.91 Å². The Bertz CT molecular complexity index is 602. The number of rotatable bonds is 6. The Labute approximate surface area is 140 Å². The third-order valence-electron chi connectivity index (χ3n) is 3.63. The zero-order valence-electron chi connectivity index (χ0n) is 14.0. The Balaban J connectivity index is 1.80. The quantitative estimate of drug-likeness (QED) is 0.632. The van der Waals surface area contributed by atoms with E-state index in [1.54, 1.807) is 0 Å². The van der Waals surface area contributed by atoms with Crippen molar-refractivity contribution in [2.45, 2.75) is 39.6 Å². The van der Waals surface area contributed by atoms with Gasteiger partial charge in [0, 0.05) is 12.8 Å². The highest BCUT2D eigenvalue weighted by Gasteiger charge is 2.44. The van der Waals surface area contributed by atoms with Crippen molar-refractivity contribution in [2.75, 3.05) is 6.54 Å². The van der Waals surface area contributed by atoms with E-state index in [-0.39, 0.29) is 25.0 Å². The zero-order chi connectivity index (χ0) is 17.7. The van der Waals surface area contributed by atoms with Crippen molar-refractivity contribution < 1.29 is 23.9 Å². The molecule has 0 radical (unpaired) electrons. The number of nitrogens with one attached hydrogen (secondary N) is 1. The van der Waals surface area contributed by atoms with Crippen LogP contribution in [0.3, 0.4) is 0 Å². The molecule has 1 aliphatic rings. The molecule has 0 bridgehead atoms. The summed E-state index contributed by atoms with van der Waals surface area (Å²) in [5.74, 6) is -0.768. The standard InChI is InChI=1S/C17H22N2O5/c1-11(2)16(24-12(3)20)19-9-14(15(19)21)18-17(22)23-10-13-7-5-4-6-8-13/h4-8,11,14,16H,9-10H2,1-3H3,(H,18,22)/t14-,16?/m0/s1. The van der Waals surface area contributed by atoms with Crippen LogP contribution >= 0.6 is 0 Å². The number of esters is 1. The van der Waals surface area contributed by atoms with E-state index in [1.165, 1.54) is 11.8 Å². The van der Waals surface area contributed by atoms with Gasteiger partial charge in [-0.05, 0) is 5.56 Å². The zero-order valence-corrected chi connectivity index (χ0v) is 14.0.